The summed E-state index contributed by atoms with van der Waals surface area (Å²) in [6.07, 6.45) is 15.0. The number of hydrogen-bond acceptors (Lipinski definition) is 4. The zero-order valence-electron chi connectivity index (χ0n) is 33.3. The van der Waals surface area contributed by atoms with E-state index in [1.807, 2.05) is 45.3 Å². The molecule has 0 N–H and O–H groups in total. The Morgan fingerprint density at radius 3 is 1.12 bits per heavy atom. The van der Waals surface area contributed by atoms with Crippen molar-refractivity contribution in [1.29, 1.82) is 0 Å². The molecule has 4 aromatic carbocycles. The fraction of sp³-hybridized carbons (Fsp3) is 0.231. The van der Waals surface area contributed by atoms with Gasteiger partial charge < -0.3 is 9.13 Å². The molecule has 6 heterocycles. The molecule has 58 heavy (non-hydrogen) atoms. The summed E-state index contributed by atoms with van der Waals surface area (Å²) >= 11 is 7.78. The number of hydrogen-bond donors (Lipinski definition) is 0. The van der Waals surface area contributed by atoms with E-state index < -0.39 is 0 Å². The van der Waals surface area contributed by atoms with Crippen LogP contribution in [-0.4, -0.2) is 9.13 Å². The van der Waals surface area contributed by atoms with E-state index in [1.54, 1.807) is 0 Å². The number of nitrogens with zero attached hydrogens (tertiary/aromatic N) is 2. The highest BCUT2D eigenvalue weighted by molar-refractivity contribution is 7.30. The lowest BCUT2D eigenvalue weighted by atomic mass is 10.1. The van der Waals surface area contributed by atoms with Crippen molar-refractivity contribution in [2.24, 2.45) is 0 Å². The van der Waals surface area contributed by atoms with Crippen LogP contribution < -0.4 is 0 Å². The molecule has 0 saturated heterocycles. The molecule has 0 aliphatic rings. The molecule has 2 nitrogen and oxygen atoms in total. The summed E-state index contributed by atoms with van der Waals surface area (Å²) in [5.41, 5.74) is 5.40. The van der Waals surface area contributed by atoms with Gasteiger partial charge in [-0.3, -0.25) is 0 Å². The second kappa shape index (κ2) is 16.5. The van der Waals surface area contributed by atoms with Gasteiger partial charge in [-0.15, -0.1) is 45.3 Å². The number of fused-ring (bicyclic) bond motifs is 4. The third-order valence-electron chi connectivity index (χ3n) is 11.7. The minimum Gasteiger partial charge on any atom is -0.347 e. The van der Waals surface area contributed by atoms with Crippen molar-refractivity contribution in [1.82, 2.24) is 9.13 Å². The van der Waals surface area contributed by atoms with E-state index in [-0.39, 0.29) is 0 Å². The van der Waals surface area contributed by atoms with Crippen LogP contribution in [-0.2, 0) is 13.1 Å². The van der Waals surface area contributed by atoms with Crippen LogP contribution in [0.3, 0.4) is 0 Å². The highest BCUT2D eigenvalue weighted by Crippen LogP contribution is 2.52. The van der Waals surface area contributed by atoms with Gasteiger partial charge in [0, 0.05) is 109 Å². The van der Waals surface area contributed by atoms with Gasteiger partial charge in [0.2, 0.25) is 0 Å². The van der Waals surface area contributed by atoms with E-state index in [4.69, 9.17) is 0 Å². The van der Waals surface area contributed by atoms with Gasteiger partial charge in [-0.1, -0.05) is 137 Å². The average Bonchev–Trinajstić information content (AvgIpc) is 4.13. The molecule has 0 unspecified atom stereocenters. The van der Waals surface area contributed by atoms with E-state index >= 15 is 0 Å². The maximum Gasteiger partial charge on any atom is 0.0528 e. The second-order valence-corrected chi connectivity index (χ2v) is 19.8. The van der Waals surface area contributed by atoms with Gasteiger partial charge in [-0.25, -0.2) is 0 Å². The van der Waals surface area contributed by atoms with Crippen LogP contribution in [0.25, 0.3) is 93.5 Å². The number of aryl methyl sites for hydroxylation is 2. The molecule has 0 atom stereocenters. The standard InChI is InChI=1S/C52H48N2S4/c1-3-5-7-17-31-53-33-41(35-19-13-15-25-43(35)53)49-37-21-9-11-23-39(37)51(57-49)47-29-27-45(55-47)46-28-30-48(56-46)52-40-24-12-10-22-38(40)50(58-52)42-34-54(32-18-8-6-4-2)44-26-16-14-20-36(42)44/h9-16,19-30,33-34H,3-8,17-18,31-32H2,1-2H3. The van der Waals surface area contributed by atoms with Crippen LogP contribution in [0.2, 0.25) is 0 Å². The van der Waals surface area contributed by atoms with Crippen molar-refractivity contribution in [2.45, 2.75) is 78.3 Å². The summed E-state index contributed by atoms with van der Waals surface area (Å²) in [6, 6.07) is 45.5. The van der Waals surface area contributed by atoms with E-state index in [0.29, 0.717) is 0 Å². The molecule has 0 fully saturated rings. The van der Waals surface area contributed by atoms with Gasteiger partial charge in [-0.2, -0.15) is 0 Å². The molecular weight excluding hydrogens is 781 g/mol. The predicted octanol–water partition coefficient (Wildman–Crippen LogP) is 17.6. The Labute approximate surface area is 357 Å². The van der Waals surface area contributed by atoms with Gasteiger partial charge in [0.1, 0.15) is 0 Å². The first-order valence-corrected chi connectivity index (χ1v) is 24.4. The molecule has 0 spiro atoms. The minimum absolute atomic E-state index is 1.07. The zero-order chi connectivity index (χ0) is 39.0. The average molecular weight is 829 g/mol. The van der Waals surface area contributed by atoms with E-state index in [9.17, 15) is 0 Å². The second-order valence-electron chi connectivity index (χ2n) is 15.6. The van der Waals surface area contributed by atoms with Crippen molar-refractivity contribution < 1.29 is 0 Å². The zero-order valence-corrected chi connectivity index (χ0v) is 36.6. The van der Waals surface area contributed by atoms with E-state index in [2.05, 4.69) is 157 Å². The molecule has 10 rings (SSSR count). The Balaban J connectivity index is 0.986. The first-order chi connectivity index (χ1) is 28.7. The molecule has 0 aliphatic carbocycles. The number of para-hydroxylation sites is 2. The summed E-state index contributed by atoms with van der Waals surface area (Å²) in [5, 5.41) is 8.11. The van der Waals surface area contributed by atoms with Gasteiger partial charge in [0.25, 0.3) is 0 Å². The molecule has 0 saturated carbocycles. The van der Waals surface area contributed by atoms with Crippen molar-refractivity contribution in [3.05, 3.63) is 134 Å². The predicted molar refractivity (Wildman–Crippen MR) is 259 cm³/mol. The number of benzene rings is 4. The minimum atomic E-state index is 1.07. The molecule has 0 radical (unpaired) electrons. The van der Waals surface area contributed by atoms with Crippen molar-refractivity contribution in [3.8, 4) is 50.1 Å². The quantitative estimate of drug-likeness (QED) is 0.0911. The lowest BCUT2D eigenvalue weighted by Gasteiger charge is -2.04. The van der Waals surface area contributed by atoms with E-state index in [0.717, 1.165) is 13.1 Å². The van der Waals surface area contributed by atoms with Crippen LogP contribution in [0.1, 0.15) is 65.2 Å². The van der Waals surface area contributed by atoms with Crippen LogP contribution in [0.5, 0.6) is 0 Å². The lowest BCUT2D eigenvalue weighted by Crippen LogP contribution is -1.95. The molecule has 0 bridgehead atoms. The van der Waals surface area contributed by atoms with Crippen LogP contribution in [0.4, 0.5) is 0 Å². The Bertz CT molecular complexity index is 2810. The Morgan fingerprint density at radius 2 is 0.707 bits per heavy atom. The Morgan fingerprint density at radius 1 is 0.345 bits per heavy atom. The molecule has 6 aromatic heterocycles. The lowest BCUT2D eigenvalue weighted by molar-refractivity contribution is 0.594. The normalized spacial score (nSPS) is 12.0. The largest absolute Gasteiger partial charge is 0.347 e. The van der Waals surface area contributed by atoms with Crippen molar-refractivity contribution in [3.63, 3.8) is 0 Å². The number of unbranched alkanes of at least 4 members (excludes halogenated alkanes) is 6. The first kappa shape index (κ1) is 37.5. The maximum absolute atomic E-state index is 2.50. The Hall–Kier alpha value is -4.72. The monoisotopic (exact) mass is 828 g/mol. The first-order valence-electron chi connectivity index (χ1n) is 21.1. The summed E-state index contributed by atoms with van der Waals surface area (Å²) in [7, 11) is 0. The van der Waals surface area contributed by atoms with Crippen molar-refractivity contribution in [2.75, 3.05) is 0 Å². The van der Waals surface area contributed by atoms with Gasteiger partial charge in [0.15, 0.2) is 0 Å². The van der Waals surface area contributed by atoms with Gasteiger partial charge >= 0.3 is 0 Å². The molecular formula is C52H48N2S4. The third kappa shape index (κ3) is 6.88. The fourth-order valence-corrected chi connectivity index (χ4v) is 13.7. The summed E-state index contributed by atoms with van der Waals surface area (Å²) < 4.78 is 5.00. The molecule has 6 heteroatoms. The molecule has 0 aliphatic heterocycles. The smallest absolute Gasteiger partial charge is 0.0528 e. The SMILES string of the molecule is CCCCCCn1cc(-c2sc(-c3ccc(-c4ccc(-c5sc(-c6cn(CCCCCC)c7ccccc67)c6ccccc56)s4)s3)c3ccccc23)c2ccccc21. The van der Waals surface area contributed by atoms with Gasteiger partial charge in [-0.05, 0) is 49.2 Å². The fourth-order valence-electron chi connectivity index (χ4n) is 8.78. The summed E-state index contributed by atoms with van der Waals surface area (Å²) in [5.74, 6) is 0. The van der Waals surface area contributed by atoms with Crippen LogP contribution >= 0.6 is 45.3 Å². The molecule has 0 amide bonds. The van der Waals surface area contributed by atoms with Crippen molar-refractivity contribution >= 4 is 88.7 Å². The highest BCUT2D eigenvalue weighted by Gasteiger charge is 2.22. The molecule has 290 valence electrons. The topological polar surface area (TPSA) is 9.86 Å². The highest BCUT2D eigenvalue weighted by atomic mass is 32.1. The van der Waals surface area contributed by atoms with Crippen LogP contribution in [0, 0.1) is 0 Å². The number of aromatic nitrogens is 2. The van der Waals surface area contributed by atoms with E-state index in [1.165, 1.54) is 145 Å². The number of rotatable bonds is 15. The third-order valence-corrected chi connectivity index (χ3v) is 17.0. The summed E-state index contributed by atoms with van der Waals surface area (Å²) in [4.78, 5) is 10.9. The molecule has 10 aromatic rings. The van der Waals surface area contributed by atoms with Crippen LogP contribution in [0.15, 0.2) is 134 Å². The maximum atomic E-state index is 2.50. The Kier molecular flexibility index (Phi) is 10.7. The summed E-state index contributed by atoms with van der Waals surface area (Å²) in [6.45, 7) is 6.71. The number of thiophene rings is 4. The van der Waals surface area contributed by atoms with Gasteiger partial charge in [0.05, 0.1) is 9.75 Å².